The molecule has 3 atom stereocenters. The molecular formula is C52H66BrN8O4PS3. The zero-order chi connectivity index (χ0) is 48.0. The van der Waals surface area contributed by atoms with Gasteiger partial charge in [-0.2, -0.15) is 14.9 Å². The number of nitrogens with one attached hydrogen (secondary N) is 2. The van der Waals surface area contributed by atoms with Crippen LogP contribution >= 0.6 is 61.1 Å². The van der Waals surface area contributed by atoms with Crippen molar-refractivity contribution in [2.45, 2.75) is 83.3 Å². The number of halogens is 1. The molecule has 2 saturated heterocycles. The summed E-state index contributed by atoms with van der Waals surface area (Å²) in [5.41, 5.74) is 17.7. The van der Waals surface area contributed by atoms with Gasteiger partial charge in [0.2, 0.25) is 5.78 Å². The number of thiocarbonyl (C=S) groups is 1. The van der Waals surface area contributed by atoms with Gasteiger partial charge in [0.05, 0.1) is 5.33 Å². The Balaban J connectivity index is 0.000000184. The number of nitrogens with zero attached hydrogens (tertiary/aromatic N) is 4. The van der Waals surface area contributed by atoms with Crippen LogP contribution in [0, 0.1) is 0 Å². The molecule has 0 bridgehead atoms. The molecule has 0 spiro atoms. The van der Waals surface area contributed by atoms with Crippen molar-refractivity contribution in [2.75, 3.05) is 66.7 Å². The molecule has 4 fully saturated rings. The fourth-order valence-corrected chi connectivity index (χ4v) is 9.94. The summed E-state index contributed by atoms with van der Waals surface area (Å²) in [6.07, 6.45) is 7.65. The van der Waals surface area contributed by atoms with Gasteiger partial charge in [0.15, 0.2) is 21.2 Å². The summed E-state index contributed by atoms with van der Waals surface area (Å²) < 4.78 is 12.1. The van der Waals surface area contributed by atoms with Crippen molar-refractivity contribution in [1.82, 2.24) is 14.8 Å². The van der Waals surface area contributed by atoms with Crippen LogP contribution in [0.15, 0.2) is 102 Å². The third-order valence-corrected chi connectivity index (χ3v) is 14.5. The number of benzene rings is 4. The largest absolute Gasteiger partial charge is 0.489 e. The van der Waals surface area contributed by atoms with E-state index < -0.39 is 0 Å². The number of likely N-dealkylation sites (tertiary alicyclic amines) is 2. The van der Waals surface area contributed by atoms with Crippen molar-refractivity contribution in [3.8, 4) is 11.5 Å². The Morgan fingerprint density at radius 1 is 0.797 bits per heavy atom. The van der Waals surface area contributed by atoms with Crippen LogP contribution in [0.2, 0.25) is 0 Å². The lowest BCUT2D eigenvalue weighted by Crippen LogP contribution is -2.24. The molecule has 1 aromatic heterocycles. The maximum Gasteiger partial charge on any atom is 0.206 e. The fraction of sp³-hybridized carbons (Fsp3) is 0.404. The van der Waals surface area contributed by atoms with Crippen LogP contribution in [-0.2, 0) is 0 Å². The number of nitrogen functional groups attached to an aromatic ring is 1. The predicted octanol–water partition coefficient (Wildman–Crippen LogP) is 11.2. The fourth-order valence-electron chi connectivity index (χ4n) is 8.02. The molecule has 0 amide bonds. The van der Waals surface area contributed by atoms with E-state index in [0.29, 0.717) is 37.1 Å². The molecule has 12 nitrogen and oxygen atoms in total. The zero-order valence-corrected chi connectivity index (χ0v) is 45.3. The number of alkyl halides is 1. The van der Waals surface area contributed by atoms with E-state index in [1.54, 1.807) is 0 Å². The van der Waals surface area contributed by atoms with Crippen LogP contribution in [0.25, 0.3) is 0 Å². The lowest BCUT2D eigenvalue weighted by molar-refractivity contribution is 0.102. The number of aliphatic imine (C=N–C) groups is 1. The first-order valence-corrected chi connectivity index (χ1v) is 27.0. The van der Waals surface area contributed by atoms with Gasteiger partial charge in [-0.1, -0.05) is 96.2 Å². The summed E-state index contributed by atoms with van der Waals surface area (Å²) in [7, 11) is 0. The number of anilines is 4. The van der Waals surface area contributed by atoms with E-state index in [1.807, 2.05) is 91.9 Å². The van der Waals surface area contributed by atoms with Crippen LogP contribution in [0.4, 0.5) is 22.3 Å². The van der Waals surface area contributed by atoms with Gasteiger partial charge in [0.25, 0.3) is 0 Å². The number of amidine groups is 1. The number of thioether (sulfide) groups is 1. The second-order valence-corrected chi connectivity index (χ2v) is 20.5. The summed E-state index contributed by atoms with van der Waals surface area (Å²) >= 11 is 11.1. The molecule has 4 aliphatic rings. The zero-order valence-electron chi connectivity index (χ0n) is 39.8. The quantitative estimate of drug-likeness (QED) is 0.0185. The average molecular weight is 1070 g/mol. The molecule has 3 heterocycles. The van der Waals surface area contributed by atoms with E-state index >= 15 is 0 Å². The Labute approximate surface area is 432 Å². The first-order chi connectivity index (χ1) is 33.0. The van der Waals surface area contributed by atoms with E-state index in [0.717, 1.165) is 92.2 Å². The van der Waals surface area contributed by atoms with E-state index in [4.69, 9.17) is 33.2 Å². The highest BCUT2D eigenvalue weighted by Crippen LogP contribution is 2.41. The Bertz CT molecular complexity index is 2500. The monoisotopic (exact) mass is 1070 g/mol. The molecule has 17 heteroatoms. The molecule has 2 saturated carbocycles. The van der Waals surface area contributed by atoms with Crippen molar-refractivity contribution in [3.63, 3.8) is 0 Å². The van der Waals surface area contributed by atoms with Crippen LogP contribution in [0.5, 0.6) is 11.5 Å². The first-order valence-electron chi connectivity index (χ1n) is 23.6. The van der Waals surface area contributed by atoms with Crippen molar-refractivity contribution >= 4 is 105 Å². The molecule has 0 radical (unpaired) electrons. The van der Waals surface area contributed by atoms with Crippen molar-refractivity contribution in [3.05, 3.63) is 124 Å². The van der Waals surface area contributed by atoms with Crippen molar-refractivity contribution in [2.24, 2.45) is 10.7 Å². The van der Waals surface area contributed by atoms with Crippen LogP contribution in [0.3, 0.4) is 0 Å². The number of Topliss-reactive ketones (excluding diaryl/α,β-unsaturated/α-hetero) is 1. The van der Waals surface area contributed by atoms with Gasteiger partial charge in [0.1, 0.15) is 34.4 Å². The molecule has 3 unspecified atom stereocenters. The van der Waals surface area contributed by atoms with Gasteiger partial charge in [-0.25, -0.2) is 4.98 Å². The number of ketones is 2. The SMILES string of the molecule is CCN1CCC(Oc2ccc(Nc3nc(N)c(C(=O)c4cccc(C5CC5)c4)s3)cc2)C1.CCSC(N)=NC(=S)Nc1ccc(OC2CCN(CC)C2)cc1.O=C(CBr)c1cccc(C2CC2)c1.P. The second kappa shape index (κ2) is 26.7. The maximum absolute atomic E-state index is 13.0. The number of hydrogen-bond donors (Lipinski definition) is 4. The highest BCUT2D eigenvalue weighted by molar-refractivity contribution is 9.09. The van der Waals surface area contributed by atoms with Crippen LogP contribution < -0.4 is 31.6 Å². The van der Waals surface area contributed by atoms with E-state index in [9.17, 15) is 9.59 Å². The number of thiazole rings is 1. The molecule has 5 aromatic rings. The lowest BCUT2D eigenvalue weighted by atomic mass is 10.0. The summed E-state index contributed by atoms with van der Waals surface area (Å²) in [5, 5.41) is 8.18. The third kappa shape index (κ3) is 16.6. The number of rotatable bonds is 16. The van der Waals surface area contributed by atoms with Gasteiger partial charge in [-0.15, -0.1) is 0 Å². The van der Waals surface area contributed by atoms with Gasteiger partial charge < -0.3 is 31.6 Å². The minimum Gasteiger partial charge on any atom is -0.489 e. The first kappa shape index (κ1) is 53.9. The maximum atomic E-state index is 13.0. The van der Waals surface area contributed by atoms with E-state index in [2.05, 4.69) is 72.3 Å². The molecule has 4 aromatic carbocycles. The highest BCUT2D eigenvalue weighted by atomic mass is 79.9. The van der Waals surface area contributed by atoms with Crippen LogP contribution in [0.1, 0.15) is 108 Å². The summed E-state index contributed by atoms with van der Waals surface area (Å²) in [6.45, 7) is 12.7. The summed E-state index contributed by atoms with van der Waals surface area (Å²) in [4.78, 5) is 38.2. The molecule has 6 N–H and O–H groups in total. The molecule has 368 valence electrons. The van der Waals surface area contributed by atoms with Crippen molar-refractivity contribution in [1.29, 1.82) is 0 Å². The Kier molecular flexibility index (Phi) is 20.9. The van der Waals surface area contributed by atoms with Crippen LogP contribution in [-0.4, -0.2) is 99.2 Å². The number of carbonyl (C=O) groups excluding carboxylic acids is 2. The standard InChI is InChI=1S/C25H28N4O2S.C16H24N4OS2.C11H11BrO.H3P/c1-2-29-13-12-21(15-29)31-20-10-8-19(9-11-20)27-25-28-24(26)23(32-25)22(30)18-5-3-4-17(14-18)16-6-7-16;1-3-20-10-9-14(11-20)21-13-7-5-12(6-8-13)18-16(22)19-15(17)23-4-2;12-7-11(13)10-3-1-2-9(6-10)8-4-5-8;/h3-5,8-11,14,16,21H,2,6-7,12-13,15,26H2,1H3,(H,27,28);5-8,14H,3-4,9-11H2,1-2H3,(H3,17,18,19,22);1-3,6,8H,4-5,7H2;1H3. The molecule has 2 aliphatic carbocycles. The van der Waals surface area contributed by atoms with Gasteiger partial charge >= 0.3 is 0 Å². The Morgan fingerprint density at radius 3 is 1.81 bits per heavy atom. The summed E-state index contributed by atoms with van der Waals surface area (Å²) in [5.74, 6) is 4.31. The number of carbonyl (C=O) groups is 2. The Morgan fingerprint density at radius 2 is 1.32 bits per heavy atom. The number of hydrogen-bond acceptors (Lipinski definition) is 12. The minimum absolute atomic E-state index is 0. The summed E-state index contributed by atoms with van der Waals surface area (Å²) in [6, 6.07) is 31.5. The number of ether oxygens (including phenoxy) is 2. The molecule has 69 heavy (non-hydrogen) atoms. The van der Waals surface area contributed by atoms with Gasteiger partial charge in [-0.3, -0.25) is 19.4 Å². The number of likely N-dealkylation sites (N-methyl/N-ethyl adjacent to an activating group) is 2. The number of aromatic nitrogens is 1. The smallest absolute Gasteiger partial charge is 0.206 e. The topological polar surface area (TPSA) is 160 Å². The van der Waals surface area contributed by atoms with Crippen molar-refractivity contribution < 1.29 is 19.1 Å². The lowest BCUT2D eigenvalue weighted by Gasteiger charge is -2.15. The van der Waals surface area contributed by atoms with Gasteiger partial charge in [0, 0.05) is 48.7 Å². The average Bonchev–Trinajstić information content (AvgIpc) is 4.27. The highest BCUT2D eigenvalue weighted by Gasteiger charge is 2.27. The predicted molar refractivity (Wildman–Crippen MR) is 300 cm³/mol. The number of nitrogens with two attached hydrogens (primary N) is 2. The molecule has 2 aliphatic heterocycles. The molecule has 9 rings (SSSR count). The Hall–Kier alpha value is -4.41. The second-order valence-electron chi connectivity index (χ2n) is 17.2. The van der Waals surface area contributed by atoms with E-state index in [1.165, 1.54) is 59.9 Å². The normalized spacial score (nSPS) is 17.9. The minimum atomic E-state index is -0.0722. The van der Waals surface area contributed by atoms with Gasteiger partial charge in [-0.05, 0) is 153 Å². The van der Waals surface area contributed by atoms with E-state index in [-0.39, 0.29) is 39.5 Å². The molecular weight excluding hydrogens is 1010 g/mol. The third-order valence-electron chi connectivity index (χ3n) is 12.1.